The molecule has 14 heavy (non-hydrogen) atoms. The van der Waals surface area contributed by atoms with Gasteiger partial charge in [0.1, 0.15) is 0 Å². The van der Waals surface area contributed by atoms with Gasteiger partial charge in [-0.1, -0.05) is 20.8 Å². The van der Waals surface area contributed by atoms with E-state index < -0.39 is 11.6 Å². The van der Waals surface area contributed by atoms with Crippen molar-refractivity contribution in [3.8, 4) is 0 Å². The van der Waals surface area contributed by atoms with E-state index in [2.05, 4.69) is 0 Å². The lowest BCUT2D eigenvalue weighted by molar-refractivity contribution is -0.427. The minimum Gasteiger partial charge on any atom is -0.370 e. The van der Waals surface area contributed by atoms with Gasteiger partial charge in [-0.3, -0.25) is 0 Å². The van der Waals surface area contributed by atoms with Gasteiger partial charge in [0, 0.05) is 21.3 Å². The summed E-state index contributed by atoms with van der Waals surface area (Å²) in [7, 11) is 4.28. The molecule has 0 amide bonds. The van der Waals surface area contributed by atoms with Crippen LogP contribution in [0, 0.1) is 5.41 Å². The predicted octanol–water partition coefficient (Wildman–Crippen LogP) is 1.38. The van der Waals surface area contributed by atoms with Crippen molar-refractivity contribution in [1.82, 2.24) is 0 Å². The highest BCUT2D eigenvalue weighted by atomic mass is 16.8. The lowest BCUT2D eigenvalue weighted by Crippen LogP contribution is -2.62. The van der Waals surface area contributed by atoms with Gasteiger partial charge in [0.15, 0.2) is 5.60 Å². The number of hydrogen-bond acceptors (Lipinski definition) is 4. The highest BCUT2D eigenvalue weighted by molar-refractivity contribution is 4.95. The first-order valence-electron chi connectivity index (χ1n) is 4.56. The predicted molar refractivity (Wildman–Crippen MR) is 53.8 cm³/mol. The fourth-order valence-electron chi connectivity index (χ4n) is 1.38. The summed E-state index contributed by atoms with van der Waals surface area (Å²) in [6.45, 7) is 7.58. The maximum Gasteiger partial charge on any atom is 0.311 e. The van der Waals surface area contributed by atoms with Gasteiger partial charge in [0.2, 0.25) is 0 Å². The molecule has 0 aromatic heterocycles. The molecule has 0 aromatic rings. The van der Waals surface area contributed by atoms with Gasteiger partial charge in [0.05, 0.1) is 0 Å². The van der Waals surface area contributed by atoms with Gasteiger partial charge in [-0.05, 0) is 12.3 Å². The Kier molecular flexibility index (Phi) is 4.10. The normalized spacial score (nSPS) is 18.0. The summed E-state index contributed by atoms with van der Waals surface area (Å²) in [6.07, 6.45) is 0. The second-order valence-corrected chi connectivity index (χ2v) is 4.48. The van der Waals surface area contributed by atoms with Gasteiger partial charge in [-0.15, -0.1) is 0 Å². The molecule has 0 heterocycles. The second-order valence-electron chi connectivity index (χ2n) is 4.48. The Hall–Kier alpha value is -0.160. The zero-order valence-electron chi connectivity index (χ0n) is 10.2. The Balaban J connectivity index is 5.22. The summed E-state index contributed by atoms with van der Waals surface area (Å²) in [6, 6.07) is 0. The summed E-state index contributed by atoms with van der Waals surface area (Å²) >= 11 is 0. The molecule has 4 nitrogen and oxygen atoms in total. The molecular weight excluding hydrogens is 184 g/mol. The molecule has 0 rings (SSSR count). The van der Waals surface area contributed by atoms with Crippen LogP contribution in [0.1, 0.15) is 27.7 Å². The first kappa shape index (κ1) is 13.8. The zero-order chi connectivity index (χ0) is 11.6. The van der Waals surface area contributed by atoms with Crippen LogP contribution in [-0.2, 0) is 14.2 Å². The molecule has 0 spiro atoms. The molecule has 0 aliphatic heterocycles. The standard InChI is InChI=1S/C10H22O4/c1-8(2,3)9(4,12-5)10(11,13-6)14-7/h11H,1-7H3. The van der Waals surface area contributed by atoms with Crippen molar-refractivity contribution in [1.29, 1.82) is 0 Å². The average Bonchev–Trinajstić information content (AvgIpc) is 2.13. The van der Waals surface area contributed by atoms with Crippen LogP contribution < -0.4 is 0 Å². The van der Waals surface area contributed by atoms with E-state index in [4.69, 9.17) is 14.2 Å². The molecule has 86 valence electrons. The molecule has 1 unspecified atom stereocenters. The lowest BCUT2D eigenvalue weighted by Gasteiger charge is -2.48. The molecule has 0 fully saturated rings. The molecule has 1 atom stereocenters. The SMILES string of the molecule is COC(O)(OC)C(C)(OC)C(C)(C)C. The van der Waals surface area contributed by atoms with Crippen molar-refractivity contribution in [2.24, 2.45) is 5.41 Å². The van der Waals surface area contributed by atoms with Crippen LogP contribution in [0.15, 0.2) is 0 Å². The van der Waals surface area contributed by atoms with E-state index in [1.54, 1.807) is 6.92 Å². The second kappa shape index (κ2) is 4.14. The summed E-state index contributed by atoms with van der Waals surface area (Å²) in [5, 5.41) is 10.1. The lowest BCUT2D eigenvalue weighted by atomic mass is 9.75. The van der Waals surface area contributed by atoms with Crippen molar-refractivity contribution in [3.05, 3.63) is 0 Å². The molecule has 1 N–H and O–H groups in total. The van der Waals surface area contributed by atoms with Crippen molar-refractivity contribution >= 4 is 0 Å². The number of rotatable bonds is 4. The van der Waals surface area contributed by atoms with Crippen molar-refractivity contribution in [2.75, 3.05) is 21.3 Å². The monoisotopic (exact) mass is 206 g/mol. The molecule has 0 aliphatic carbocycles. The summed E-state index contributed by atoms with van der Waals surface area (Å²) in [5.41, 5.74) is -1.29. The van der Waals surface area contributed by atoms with Crippen LogP contribution in [0.25, 0.3) is 0 Å². The van der Waals surface area contributed by atoms with Crippen LogP contribution in [0.3, 0.4) is 0 Å². The summed E-state index contributed by atoms with van der Waals surface area (Å²) in [4.78, 5) is 0. The molecule has 0 radical (unpaired) electrons. The van der Waals surface area contributed by atoms with Crippen LogP contribution in [-0.4, -0.2) is 38.0 Å². The topological polar surface area (TPSA) is 47.9 Å². The number of methoxy groups -OCH3 is 3. The number of aliphatic hydroxyl groups is 1. The Labute approximate surface area is 86.2 Å². The highest BCUT2D eigenvalue weighted by Crippen LogP contribution is 2.42. The van der Waals surface area contributed by atoms with Gasteiger partial charge in [-0.2, -0.15) is 0 Å². The van der Waals surface area contributed by atoms with E-state index in [1.165, 1.54) is 21.3 Å². The minimum absolute atomic E-state index is 0.331. The maximum absolute atomic E-state index is 10.1. The van der Waals surface area contributed by atoms with E-state index >= 15 is 0 Å². The van der Waals surface area contributed by atoms with E-state index in [0.29, 0.717) is 0 Å². The third kappa shape index (κ3) is 1.93. The first-order valence-corrected chi connectivity index (χ1v) is 4.56. The maximum atomic E-state index is 10.1. The van der Waals surface area contributed by atoms with Crippen molar-refractivity contribution in [3.63, 3.8) is 0 Å². The quantitative estimate of drug-likeness (QED) is 0.706. The smallest absolute Gasteiger partial charge is 0.311 e. The van der Waals surface area contributed by atoms with Gasteiger partial charge in [-0.25, -0.2) is 0 Å². The first-order chi connectivity index (χ1) is 6.18. The molecular formula is C10H22O4. The van der Waals surface area contributed by atoms with E-state index in [1.807, 2.05) is 20.8 Å². The van der Waals surface area contributed by atoms with Gasteiger partial charge < -0.3 is 19.3 Å². The third-order valence-corrected chi connectivity index (χ3v) is 3.00. The van der Waals surface area contributed by atoms with E-state index in [0.717, 1.165) is 0 Å². The largest absolute Gasteiger partial charge is 0.370 e. The average molecular weight is 206 g/mol. The van der Waals surface area contributed by atoms with Crippen molar-refractivity contribution in [2.45, 2.75) is 39.3 Å². The number of ether oxygens (including phenoxy) is 3. The Morgan fingerprint density at radius 2 is 1.14 bits per heavy atom. The minimum atomic E-state index is -1.75. The molecule has 0 bridgehead atoms. The molecule has 0 saturated heterocycles. The Bertz CT molecular complexity index is 181. The van der Waals surface area contributed by atoms with Crippen LogP contribution in [0.5, 0.6) is 0 Å². The van der Waals surface area contributed by atoms with Crippen molar-refractivity contribution < 1.29 is 19.3 Å². The summed E-state index contributed by atoms with van der Waals surface area (Å²) in [5.74, 6) is -1.75. The summed E-state index contributed by atoms with van der Waals surface area (Å²) < 4.78 is 15.3. The Morgan fingerprint density at radius 3 is 1.21 bits per heavy atom. The molecule has 0 aromatic carbocycles. The van der Waals surface area contributed by atoms with Crippen LogP contribution in [0.4, 0.5) is 0 Å². The fraction of sp³-hybridized carbons (Fsp3) is 1.00. The molecule has 0 saturated carbocycles. The van der Waals surface area contributed by atoms with E-state index in [9.17, 15) is 5.11 Å². The zero-order valence-corrected chi connectivity index (χ0v) is 10.2. The fourth-order valence-corrected chi connectivity index (χ4v) is 1.38. The molecule has 4 heteroatoms. The van der Waals surface area contributed by atoms with E-state index in [-0.39, 0.29) is 5.41 Å². The van der Waals surface area contributed by atoms with Crippen LogP contribution in [0.2, 0.25) is 0 Å². The van der Waals surface area contributed by atoms with Gasteiger partial charge in [0.25, 0.3) is 0 Å². The Morgan fingerprint density at radius 1 is 0.786 bits per heavy atom. The third-order valence-electron chi connectivity index (χ3n) is 3.00. The highest BCUT2D eigenvalue weighted by Gasteiger charge is 2.56. The molecule has 0 aliphatic rings. The van der Waals surface area contributed by atoms with Crippen LogP contribution >= 0.6 is 0 Å². The number of hydrogen-bond donors (Lipinski definition) is 1. The van der Waals surface area contributed by atoms with Gasteiger partial charge >= 0.3 is 5.97 Å².